The molecule has 0 saturated carbocycles. The van der Waals surface area contributed by atoms with Crippen molar-refractivity contribution in [2.75, 3.05) is 25.1 Å². The van der Waals surface area contributed by atoms with Crippen LogP contribution in [0.15, 0.2) is 12.1 Å². The van der Waals surface area contributed by atoms with E-state index in [1.807, 2.05) is 0 Å². The molecule has 18 heavy (non-hydrogen) atoms. The van der Waals surface area contributed by atoms with Crippen LogP contribution in [0.2, 0.25) is 5.02 Å². The average Bonchev–Trinajstić information content (AvgIpc) is 2.37. The Morgan fingerprint density at radius 2 is 2.00 bits per heavy atom. The Labute approximate surface area is 110 Å². The van der Waals surface area contributed by atoms with Crippen LogP contribution in [0.25, 0.3) is 0 Å². The Kier molecular flexibility index (Phi) is 4.28. The van der Waals surface area contributed by atoms with Crippen molar-refractivity contribution >= 4 is 23.2 Å². The summed E-state index contributed by atoms with van der Waals surface area (Å²) in [6, 6.07) is 3.27. The normalized spacial score (nSPS) is 13.2. The van der Waals surface area contributed by atoms with Crippen molar-refractivity contribution in [2.24, 2.45) is 0 Å². The largest absolute Gasteiger partial charge is 0.486 e. The maximum absolute atomic E-state index is 11.5. The highest BCUT2D eigenvalue weighted by Gasteiger charge is 2.16. The van der Waals surface area contributed by atoms with E-state index in [1.54, 1.807) is 12.1 Å². The molecule has 0 aromatic heterocycles. The van der Waals surface area contributed by atoms with E-state index in [0.29, 0.717) is 41.8 Å². The number of benzene rings is 1. The van der Waals surface area contributed by atoms with Crippen LogP contribution in [0.4, 0.5) is 5.69 Å². The Hall–Kier alpha value is -1.46. The number of hydrogen-bond acceptors (Lipinski definition) is 4. The Morgan fingerprint density at radius 1 is 1.33 bits per heavy atom. The fourth-order valence-corrected chi connectivity index (χ4v) is 1.81. The minimum atomic E-state index is -0.192. The number of amides is 1. The number of fused-ring (bicyclic) bond motifs is 1. The second-order valence-electron chi connectivity index (χ2n) is 3.85. The van der Waals surface area contributed by atoms with Gasteiger partial charge in [-0.1, -0.05) is 11.6 Å². The Balaban J connectivity index is 2.10. The number of aliphatic hydroxyl groups excluding tert-OH is 1. The highest BCUT2D eigenvalue weighted by Crippen LogP contribution is 2.37. The molecule has 2 rings (SSSR count). The van der Waals surface area contributed by atoms with Crippen LogP contribution in [-0.4, -0.2) is 30.8 Å². The van der Waals surface area contributed by atoms with Gasteiger partial charge in [0, 0.05) is 25.2 Å². The molecule has 1 aliphatic heterocycles. The fourth-order valence-electron chi connectivity index (χ4n) is 1.61. The van der Waals surface area contributed by atoms with Crippen molar-refractivity contribution in [3.8, 4) is 11.5 Å². The van der Waals surface area contributed by atoms with E-state index in [-0.39, 0.29) is 18.9 Å². The molecule has 0 radical (unpaired) electrons. The minimum Gasteiger partial charge on any atom is -0.486 e. The van der Waals surface area contributed by atoms with E-state index in [9.17, 15) is 4.79 Å². The molecule has 0 unspecified atom stereocenters. The smallest absolute Gasteiger partial charge is 0.224 e. The van der Waals surface area contributed by atoms with Crippen LogP contribution >= 0.6 is 11.6 Å². The maximum atomic E-state index is 11.5. The summed E-state index contributed by atoms with van der Waals surface area (Å²) >= 11 is 6.04. The van der Waals surface area contributed by atoms with Gasteiger partial charge in [-0.05, 0) is 6.42 Å². The third-order valence-corrected chi connectivity index (χ3v) is 2.78. The molecule has 1 aliphatic rings. The van der Waals surface area contributed by atoms with E-state index < -0.39 is 0 Å². The number of rotatable bonds is 4. The highest BCUT2D eigenvalue weighted by atomic mass is 35.5. The summed E-state index contributed by atoms with van der Waals surface area (Å²) in [4.78, 5) is 11.5. The van der Waals surface area contributed by atoms with Crippen molar-refractivity contribution < 1.29 is 19.4 Å². The predicted octanol–water partition coefficient (Wildman–Crippen LogP) is 1.82. The molecule has 0 bridgehead atoms. The first-order valence-electron chi connectivity index (χ1n) is 5.70. The lowest BCUT2D eigenvalue weighted by atomic mass is 10.2. The van der Waals surface area contributed by atoms with E-state index in [2.05, 4.69) is 5.32 Å². The van der Waals surface area contributed by atoms with Crippen LogP contribution in [0.3, 0.4) is 0 Å². The zero-order valence-corrected chi connectivity index (χ0v) is 10.5. The SMILES string of the molecule is O=C(CCCO)Nc1cc2c(cc1Cl)OCCO2. The molecular weight excluding hydrogens is 258 g/mol. The van der Waals surface area contributed by atoms with Crippen molar-refractivity contribution in [3.05, 3.63) is 17.2 Å². The van der Waals surface area contributed by atoms with Crippen molar-refractivity contribution in [2.45, 2.75) is 12.8 Å². The third-order valence-electron chi connectivity index (χ3n) is 2.47. The van der Waals surface area contributed by atoms with Gasteiger partial charge in [0.05, 0.1) is 10.7 Å². The summed E-state index contributed by atoms with van der Waals surface area (Å²) in [7, 11) is 0. The molecule has 2 N–H and O–H groups in total. The van der Waals surface area contributed by atoms with Crippen LogP contribution in [0, 0.1) is 0 Å². The molecule has 1 heterocycles. The molecule has 1 aromatic carbocycles. The Bertz CT molecular complexity index is 450. The van der Waals surface area contributed by atoms with Gasteiger partial charge in [-0.3, -0.25) is 4.79 Å². The monoisotopic (exact) mass is 271 g/mol. The molecule has 5 nitrogen and oxygen atoms in total. The van der Waals surface area contributed by atoms with Gasteiger partial charge < -0.3 is 19.9 Å². The first-order valence-corrected chi connectivity index (χ1v) is 6.08. The molecule has 98 valence electrons. The summed E-state index contributed by atoms with van der Waals surface area (Å²) < 4.78 is 10.8. The second-order valence-corrected chi connectivity index (χ2v) is 4.26. The maximum Gasteiger partial charge on any atom is 0.224 e. The van der Waals surface area contributed by atoms with Crippen molar-refractivity contribution in [1.29, 1.82) is 0 Å². The summed E-state index contributed by atoms with van der Waals surface area (Å²) in [6.07, 6.45) is 0.676. The Morgan fingerprint density at radius 3 is 2.67 bits per heavy atom. The summed E-state index contributed by atoms with van der Waals surface area (Å²) in [6.45, 7) is 0.959. The number of halogens is 1. The molecule has 1 aromatic rings. The van der Waals surface area contributed by atoms with Gasteiger partial charge in [-0.25, -0.2) is 0 Å². The first-order chi connectivity index (χ1) is 8.70. The zero-order chi connectivity index (χ0) is 13.0. The van der Waals surface area contributed by atoms with E-state index >= 15 is 0 Å². The number of hydrogen-bond donors (Lipinski definition) is 2. The van der Waals surface area contributed by atoms with Gasteiger partial charge in [-0.15, -0.1) is 0 Å². The van der Waals surface area contributed by atoms with Gasteiger partial charge in [0.15, 0.2) is 11.5 Å². The fraction of sp³-hybridized carbons (Fsp3) is 0.417. The van der Waals surface area contributed by atoms with Gasteiger partial charge in [0.1, 0.15) is 13.2 Å². The van der Waals surface area contributed by atoms with Gasteiger partial charge >= 0.3 is 0 Å². The van der Waals surface area contributed by atoms with Crippen molar-refractivity contribution in [1.82, 2.24) is 0 Å². The van der Waals surface area contributed by atoms with Crippen LogP contribution in [0.1, 0.15) is 12.8 Å². The first kappa shape index (κ1) is 13.0. The van der Waals surface area contributed by atoms with Crippen LogP contribution in [0.5, 0.6) is 11.5 Å². The van der Waals surface area contributed by atoms with Gasteiger partial charge in [0.25, 0.3) is 0 Å². The summed E-state index contributed by atoms with van der Waals surface area (Å²) in [5, 5.41) is 11.7. The quantitative estimate of drug-likeness (QED) is 0.877. The number of anilines is 1. The molecule has 0 spiro atoms. The van der Waals surface area contributed by atoms with E-state index in [0.717, 1.165) is 0 Å². The van der Waals surface area contributed by atoms with Crippen molar-refractivity contribution in [3.63, 3.8) is 0 Å². The highest BCUT2D eigenvalue weighted by molar-refractivity contribution is 6.34. The van der Waals surface area contributed by atoms with Crippen LogP contribution in [-0.2, 0) is 4.79 Å². The topological polar surface area (TPSA) is 67.8 Å². The third kappa shape index (κ3) is 3.05. The molecule has 1 amide bonds. The minimum absolute atomic E-state index is 0.0116. The van der Waals surface area contributed by atoms with E-state index in [1.165, 1.54) is 0 Å². The second kappa shape index (κ2) is 5.93. The lowest BCUT2D eigenvalue weighted by Gasteiger charge is -2.20. The lowest BCUT2D eigenvalue weighted by molar-refractivity contribution is -0.116. The standard InChI is InChI=1S/C12H14ClNO4/c13-8-6-10-11(18-5-4-17-10)7-9(8)14-12(16)2-1-3-15/h6-7,15H,1-5H2,(H,14,16). The molecule has 0 saturated heterocycles. The van der Waals surface area contributed by atoms with Gasteiger partial charge in [-0.2, -0.15) is 0 Å². The molecule has 0 aliphatic carbocycles. The molecule has 0 atom stereocenters. The number of aliphatic hydroxyl groups is 1. The molecule has 6 heteroatoms. The number of ether oxygens (including phenoxy) is 2. The molecule has 0 fully saturated rings. The summed E-state index contributed by atoms with van der Waals surface area (Å²) in [5.74, 6) is 0.963. The number of nitrogens with one attached hydrogen (secondary N) is 1. The van der Waals surface area contributed by atoms with E-state index in [4.69, 9.17) is 26.2 Å². The van der Waals surface area contributed by atoms with Crippen LogP contribution < -0.4 is 14.8 Å². The summed E-state index contributed by atoms with van der Waals surface area (Å²) in [5.41, 5.74) is 0.490. The number of carbonyl (C=O) groups is 1. The predicted molar refractivity (Wildman–Crippen MR) is 67.4 cm³/mol. The van der Waals surface area contributed by atoms with Gasteiger partial charge in [0.2, 0.25) is 5.91 Å². The zero-order valence-electron chi connectivity index (χ0n) is 9.74. The molecular formula is C12H14ClNO4. The number of carbonyl (C=O) groups excluding carboxylic acids is 1. The lowest BCUT2D eigenvalue weighted by Crippen LogP contribution is -2.16. The average molecular weight is 272 g/mol.